The zero-order valence-corrected chi connectivity index (χ0v) is 18.2. The first kappa shape index (κ1) is 20.8. The summed E-state index contributed by atoms with van der Waals surface area (Å²) in [4.78, 5) is 22.4. The van der Waals surface area contributed by atoms with Crippen LogP contribution in [0.5, 0.6) is 0 Å². The van der Waals surface area contributed by atoms with E-state index in [-0.39, 0.29) is 5.41 Å². The average molecular weight is 393 g/mol. The lowest BCUT2D eigenvalue weighted by Crippen LogP contribution is -2.56. The lowest BCUT2D eigenvalue weighted by atomic mass is 9.44. The van der Waals surface area contributed by atoms with Crippen LogP contribution in [0.3, 0.4) is 0 Å². The highest BCUT2D eigenvalue weighted by Gasteiger charge is 2.62. The van der Waals surface area contributed by atoms with Crippen molar-refractivity contribution in [3.63, 3.8) is 0 Å². The zero-order chi connectivity index (χ0) is 19.8. The molecule has 0 aromatic heterocycles. The molecule has 1 unspecified atom stereocenters. The van der Waals surface area contributed by atoms with Gasteiger partial charge in [-0.2, -0.15) is 0 Å². The minimum Gasteiger partial charge on any atom is -0.234 e. The van der Waals surface area contributed by atoms with Crippen molar-refractivity contribution in [1.82, 2.24) is 0 Å². The maximum atomic E-state index is 5.81. The van der Waals surface area contributed by atoms with Crippen molar-refractivity contribution < 1.29 is 19.6 Å². The van der Waals surface area contributed by atoms with Crippen LogP contribution in [0.25, 0.3) is 0 Å². The molecule has 0 aromatic rings. The van der Waals surface area contributed by atoms with E-state index in [2.05, 4.69) is 13.5 Å². The molecule has 4 rings (SSSR count). The monoisotopic (exact) mass is 392 g/mol. The minimum absolute atomic E-state index is 0.00763. The van der Waals surface area contributed by atoms with E-state index in [0.717, 1.165) is 24.7 Å². The molecular weight excluding hydrogens is 352 g/mol. The van der Waals surface area contributed by atoms with Gasteiger partial charge in [0, 0.05) is 5.41 Å². The van der Waals surface area contributed by atoms with Gasteiger partial charge in [0.15, 0.2) is 0 Å². The van der Waals surface area contributed by atoms with E-state index >= 15 is 0 Å². The van der Waals surface area contributed by atoms with Gasteiger partial charge in [0.2, 0.25) is 6.29 Å². The van der Waals surface area contributed by atoms with Crippen molar-refractivity contribution in [3.8, 4) is 0 Å². The van der Waals surface area contributed by atoms with E-state index in [0.29, 0.717) is 30.5 Å². The lowest BCUT2D eigenvalue weighted by molar-refractivity contribution is -0.488. The highest BCUT2D eigenvalue weighted by atomic mass is 17.3. The summed E-state index contributed by atoms with van der Waals surface area (Å²) in [6.07, 6.45) is 12.4. The van der Waals surface area contributed by atoms with Gasteiger partial charge in [-0.15, -0.1) is 0 Å². The minimum atomic E-state index is -0.439. The molecule has 0 aromatic carbocycles. The summed E-state index contributed by atoms with van der Waals surface area (Å²) in [7, 11) is 0. The molecular formula is C24H40O4. The molecule has 160 valence electrons. The predicted octanol–water partition coefficient (Wildman–Crippen LogP) is 6.22. The van der Waals surface area contributed by atoms with Crippen LogP contribution in [0.2, 0.25) is 0 Å². The van der Waals surface area contributed by atoms with E-state index in [9.17, 15) is 0 Å². The maximum absolute atomic E-state index is 5.81. The van der Waals surface area contributed by atoms with Gasteiger partial charge in [0.1, 0.15) is 0 Å². The maximum Gasteiger partial charge on any atom is 0.230 e. The van der Waals surface area contributed by atoms with Gasteiger partial charge >= 0.3 is 0 Å². The van der Waals surface area contributed by atoms with Gasteiger partial charge < -0.3 is 0 Å². The molecule has 4 fully saturated rings. The number of allylic oxidation sites excluding steroid dienone is 1. The fourth-order valence-corrected chi connectivity index (χ4v) is 7.75. The molecule has 4 nitrogen and oxygen atoms in total. The Morgan fingerprint density at radius 2 is 1.68 bits per heavy atom. The molecule has 0 N–H and O–H groups in total. The third kappa shape index (κ3) is 3.29. The second kappa shape index (κ2) is 8.37. The van der Waals surface area contributed by atoms with Crippen LogP contribution in [-0.2, 0) is 19.6 Å². The van der Waals surface area contributed by atoms with Crippen LogP contribution in [0.1, 0.15) is 85.0 Å². The van der Waals surface area contributed by atoms with Gasteiger partial charge in [-0.05, 0) is 87.9 Å². The summed E-state index contributed by atoms with van der Waals surface area (Å²) in [5.74, 6) is 2.80. The van der Waals surface area contributed by atoms with Gasteiger partial charge in [-0.1, -0.05) is 38.3 Å². The normalized spacial score (nSPS) is 42.9. The van der Waals surface area contributed by atoms with Crippen molar-refractivity contribution in [2.24, 2.45) is 34.5 Å². The van der Waals surface area contributed by atoms with Crippen molar-refractivity contribution in [1.29, 1.82) is 0 Å². The Balaban J connectivity index is 1.63. The average Bonchev–Trinajstić information content (AvgIpc) is 3.13. The molecule has 0 saturated heterocycles. The largest absolute Gasteiger partial charge is 0.234 e. The van der Waals surface area contributed by atoms with Crippen LogP contribution >= 0.6 is 0 Å². The number of hydrogen-bond acceptors (Lipinski definition) is 4. The summed E-state index contributed by atoms with van der Waals surface area (Å²) in [6, 6.07) is 0. The smallest absolute Gasteiger partial charge is 0.230 e. The molecule has 4 aliphatic rings. The van der Waals surface area contributed by atoms with Crippen molar-refractivity contribution in [2.75, 3.05) is 13.2 Å². The summed E-state index contributed by atoms with van der Waals surface area (Å²) in [5, 5.41) is 0. The summed E-state index contributed by atoms with van der Waals surface area (Å²) in [6.45, 7) is 12.2. The van der Waals surface area contributed by atoms with Crippen LogP contribution < -0.4 is 0 Å². The molecule has 4 aliphatic carbocycles. The summed E-state index contributed by atoms with van der Waals surface area (Å²) < 4.78 is 0. The third-order valence-corrected chi connectivity index (χ3v) is 8.98. The standard InChI is InChI=1S/C24H40O4/c1-5-25-27-22(28-26-6-2)24-14-9-11-20(24)21-17(3)16-18-10-7-8-13-23(18,4)19(21)12-15-24/h18-22H,3,5-16H2,1-2,4H3/t18?,19-,20-,21+,23-,24+/m0/s1. The number of hydrogen-bond donors (Lipinski definition) is 0. The second-order valence-corrected chi connectivity index (χ2v) is 10.1. The van der Waals surface area contributed by atoms with Crippen LogP contribution in [0.15, 0.2) is 12.2 Å². The Labute approximate surface area is 171 Å². The Morgan fingerprint density at radius 3 is 2.39 bits per heavy atom. The molecule has 0 bridgehead atoms. The Kier molecular flexibility index (Phi) is 6.23. The fraction of sp³-hybridized carbons (Fsp3) is 0.917. The third-order valence-electron chi connectivity index (χ3n) is 8.98. The first-order chi connectivity index (χ1) is 13.6. The Morgan fingerprint density at radius 1 is 0.929 bits per heavy atom. The lowest BCUT2D eigenvalue weighted by Gasteiger charge is -2.61. The molecule has 0 amide bonds. The predicted molar refractivity (Wildman–Crippen MR) is 109 cm³/mol. The van der Waals surface area contributed by atoms with Crippen molar-refractivity contribution >= 4 is 0 Å². The molecule has 0 aliphatic heterocycles. The van der Waals surface area contributed by atoms with E-state index in [1.165, 1.54) is 56.9 Å². The first-order valence-corrected chi connectivity index (χ1v) is 11.8. The van der Waals surface area contributed by atoms with Gasteiger partial charge in [-0.3, -0.25) is 0 Å². The number of rotatable bonds is 7. The molecule has 4 heteroatoms. The molecule has 0 spiro atoms. The zero-order valence-electron chi connectivity index (χ0n) is 18.2. The first-order valence-electron chi connectivity index (χ1n) is 11.8. The molecule has 6 atom stereocenters. The van der Waals surface area contributed by atoms with E-state index in [4.69, 9.17) is 19.6 Å². The van der Waals surface area contributed by atoms with Crippen molar-refractivity contribution in [2.45, 2.75) is 91.3 Å². The highest BCUT2D eigenvalue weighted by molar-refractivity contribution is 5.21. The number of fused-ring (bicyclic) bond motifs is 5. The Bertz CT molecular complexity index is 555. The topological polar surface area (TPSA) is 36.9 Å². The van der Waals surface area contributed by atoms with E-state index < -0.39 is 6.29 Å². The van der Waals surface area contributed by atoms with Gasteiger partial charge in [-0.25, -0.2) is 19.6 Å². The summed E-state index contributed by atoms with van der Waals surface area (Å²) >= 11 is 0. The summed E-state index contributed by atoms with van der Waals surface area (Å²) in [5.41, 5.74) is 2.00. The Hall–Kier alpha value is -0.420. The van der Waals surface area contributed by atoms with Crippen molar-refractivity contribution in [3.05, 3.63) is 12.2 Å². The van der Waals surface area contributed by atoms with Crippen LogP contribution in [-0.4, -0.2) is 19.5 Å². The van der Waals surface area contributed by atoms with E-state index in [1.807, 2.05) is 13.8 Å². The second-order valence-electron chi connectivity index (χ2n) is 10.1. The molecule has 28 heavy (non-hydrogen) atoms. The van der Waals surface area contributed by atoms with E-state index in [1.54, 1.807) is 0 Å². The SMILES string of the molecule is C=C1CC2CCCC[C@]2(C)[C@H]2CC[C@]3(C(OOCC)OOCC)CCC[C@H]3[C@H]12. The quantitative estimate of drug-likeness (QED) is 0.223. The molecule has 0 heterocycles. The fourth-order valence-electron chi connectivity index (χ4n) is 7.75. The molecule has 4 saturated carbocycles. The van der Waals surface area contributed by atoms with Gasteiger partial charge in [0.25, 0.3) is 0 Å². The van der Waals surface area contributed by atoms with Crippen LogP contribution in [0.4, 0.5) is 0 Å². The highest BCUT2D eigenvalue weighted by Crippen LogP contribution is 2.68. The molecule has 0 radical (unpaired) electrons. The van der Waals surface area contributed by atoms with Crippen LogP contribution in [0, 0.1) is 34.5 Å². The van der Waals surface area contributed by atoms with Gasteiger partial charge in [0.05, 0.1) is 13.2 Å².